The Morgan fingerprint density at radius 1 is 0.656 bits per heavy atom. The van der Waals surface area contributed by atoms with Gasteiger partial charge in [-0.3, -0.25) is 0 Å². The van der Waals surface area contributed by atoms with Crippen LogP contribution in [-0.2, 0) is 9.31 Å². The minimum atomic E-state index is -0.400. The van der Waals surface area contributed by atoms with Crippen LogP contribution in [0.25, 0.3) is 55.0 Å². The number of hydrogen-bond acceptors (Lipinski definition) is 3. The summed E-state index contributed by atoms with van der Waals surface area (Å²) in [6, 6.07) is 23.6. The molecule has 1 saturated heterocycles. The molecule has 1 aromatic heterocycles. The molecule has 0 N–H and O–H groups in total. The van der Waals surface area contributed by atoms with E-state index in [0.29, 0.717) is 0 Å². The van der Waals surface area contributed by atoms with Crippen molar-refractivity contribution in [1.82, 2.24) is 0 Å². The molecule has 156 valence electrons. The van der Waals surface area contributed by atoms with Crippen LogP contribution in [-0.4, -0.2) is 18.3 Å². The summed E-state index contributed by atoms with van der Waals surface area (Å²) in [7, 11) is -0.400. The first-order chi connectivity index (χ1) is 15.3. The lowest BCUT2D eigenvalue weighted by atomic mass is 9.77. The van der Waals surface area contributed by atoms with E-state index in [1.807, 2.05) is 12.1 Å². The van der Waals surface area contributed by atoms with Crippen LogP contribution in [0.3, 0.4) is 0 Å². The van der Waals surface area contributed by atoms with E-state index in [0.717, 1.165) is 27.4 Å². The highest BCUT2D eigenvalue weighted by molar-refractivity contribution is 6.62. The molecular weight excluding hydrogens is 395 g/mol. The number of benzene rings is 4. The maximum Gasteiger partial charge on any atom is 0.494 e. The second-order valence-corrected chi connectivity index (χ2v) is 10.0. The summed E-state index contributed by atoms with van der Waals surface area (Å²) >= 11 is 0. The van der Waals surface area contributed by atoms with Crippen molar-refractivity contribution < 1.29 is 13.7 Å². The van der Waals surface area contributed by atoms with Crippen LogP contribution >= 0.6 is 0 Å². The number of furan rings is 1. The third kappa shape index (κ3) is 2.24. The van der Waals surface area contributed by atoms with Gasteiger partial charge in [0.05, 0.1) is 11.2 Å². The van der Waals surface area contributed by atoms with Crippen LogP contribution in [0, 0.1) is 0 Å². The zero-order valence-electron chi connectivity index (χ0n) is 18.7. The molecule has 0 spiro atoms. The Hall–Kier alpha value is -3.08. The lowest BCUT2D eigenvalue weighted by Gasteiger charge is -2.32. The van der Waals surface area contributed by atoms with Crippen LogP contribution in [0.4, 0.5) is 0 Å². The van der Waals surface area contributed by atoms with E-state index >= 15 is 0 Å². The van der Waals surface area contributed by atoms with Crippen molar-refractivity contribution in [2.75, 3.05) is 0 Å². The summed E-state index contributed by atoms with van der Waals surface area (Å²) in [4.78, 5) is 0. The molecule has 1 aliphatic carbocycles. The number of hydrogen-bond donors (Lipinski definition) is 0. The van der Waals surface area contributed by atoms with Gasteiger partial charge in [0.1, 0.15) is 11.2 Å². The van der Waals surface area contributed by atoms with Crippen molar-refractivity contribution in [1.29, 1.82) is 0 Å². The van der Waals surface area contributed by atoms with Gasteiger partial charge in [-0.15, -0.1) is 0 Å². The average Bonchev–Trinajstić information content (AvgIpc) is 3.36. The molecule has 4 heteroatoms. The Labute approximate surface area is 187 Å². The van der Waals surface area contributed by atoms with Crippen molar-refractivity contribution in [2.24, 2.45) is 0 Å². The molecule has 0 saturated carbocycles. The molecule has 5 aromatic rings. The monoisotopic (exact) mass is 418 g/mol. The fourth-order valence-electron chi connectivity index (χ4n) is 5.30. The maximum atomic E-state index is 6.39. The van der Waals surface area contributed by atoms with Crippen molar-refractivity contribution in [3.8, 4) is 22.3 Å². The second-order valence-electron chi connectivity index (χ2n) is 10.0. The normalized spacial score (nSPS) is 18.2. The third-order valence-electron chi connectivity index (χ3n) is 7.61. The highest BCUT2D eigenvalue weighted by Gasteiger charge is 2.52. The Morgan fingerprint density at radius 2 is 1.34 bits per heavy atom. The summed E-state index contributed by atoms with van der Waals surface area (Å²) in [5.74, 6) is 0. The summed E-state index contributed by atoms with van der Waals surface area (Å²) in [6.45, 7) is 8.38. The largest absolute Gasteiger partial charge is 0.494 e. The van der Waals surface area contributed by atoms with Gasteiger partial charge in [-0.25, -0.2) is 0 Å². The van der Waals surface area contributed by atoms with E-state index in [2.05, 4.69) is 82.3 Å². The first-order valence-corrected chi connectivity index (χ1v) is 11.2. The van der Waals surface area contributed by atoms with Gasteiger partial charge in [0.25, 0.3) is 0 Å². The summed E-state index contributed by atoms with van der Waals surface area (Å²) in [6.07, 6.45) is 0. The molecule has 0 atom stereocenters. The lowest BCUT2D eigenvalue weighted by Crippen LogP contribution is -2.41. The smallest absolute Gasteiger partial charge is 0.456 e. The van der Waals surface area contributed by atoms with E-state index in [1.54, 1.807) is 0 Å². The molecule has 3 nitrogen and oxygen atoms in total. The Bertz CT molecular complexity index is 1580. The highest BCUT2D eigenvalue weighted by Crippen LogP contribution is 2.52. The molecular formula is C28H23BO3. The summed E-state index contributed by atoms with van der Waals surface area (Å²) in [5, 5.41) is 4.80. The number of fused-ring (bicyclic) bond motifs is 7. The van der Waals surface area contributed by atoms with Crippen LogP contribution in [0.1, 0.15) is 27.7 Å². The minimum Gasteiger partial charge on any atom is -0.456 e. The van der Waals surface area contributed by atoms with Gasteiger partial charge in [0, 0.05) is 16.3 Å². The SMILES string of the molecule is CC1(C)OB(c2cc3c4c(c5c(cc4c2)oc2ccccc25)-c2ccccc2-3)OC1(C)C. The zero-order valence-corrected chi connectivity index (χ0v) is 18.7. The van der Waals surface area contributed by atoms with Gasteiger partial charge in [-0.05, 0) is 72.8 Å². The third-order valence-corrected chi connectivity index (χ3v) is 7.61. The Balaban J connectivity index is 1.57. The quantitative estimate of drug-likeness (QED) is 0.279. The molecule has 7 rings (SSSR count). The average molecular weight is 418 g/mol. The lowest BCUT2D eigenvalue weighted by molar-refractivity contribution is 0.00578. The number of para-hydroxylation sites is 1. The molecule has 0 unspecified atom stereocenters. The first kappa shape index (κ1) is 18.5. The van der Waals surface area contributed by atoms with Crippen molar-refractivity contribution in [2.45, 2.75) is 38.9 Å². The fourth-order valence-corrected chi connectivity index (χ4v) is 5.30. The van der Waals surface area contributed by atoms with Crippen LogP contribution in [0.15, 0.2) is 71.1 Å². The summed E-state index contributed by atoms with van der Waals surface area (Å²) in [5.41, 5.74) is 7.16. The molecule has 0 radical (unpaired) electrons. The highest BCUT2D eigenvalue weighted by atomic mass is 16.7. The maximum absolute atomic E-state index is 6.39. The Kier molecular flexibility index (Phi) is 3.37. The van der Waals surface area contributed by atoms with Gasteiger partial charge >= 0.3 is 7.12 Å². The molecule has 2 heterocycles. The first-order valence-electron chi connectivity index (χ1n) is 11.2. The van der Waals surface area contributed by atoms with E-state index in [-0.39, 0.29) is 11.2 Å². The van der Waals surface area contributed by atoms with Gasteiger partial charge in [-0.2, -0.15) is 0 Å². The second kappa shape index (κ2) is 5.83. The number of rotatable bonds is 1. The van der Waals surface area contributed by atoms with E-state index in [4.69, 9.17) is 13.7 Å². The van der Waals surface area contributed by atoms with Gasteiger partial charge in [-0.1, -0.05) is 54.6 Å². The molecule has 0 amide bonds. The van der Waals surface area contributed by atoms with Gasteiger partial charge in [0.15, 0.2) is 0 Å². The molecule has 32 heavy (non-hydrogen) atoms. The van der Waals surface area contributed by atoms with Crippen molar-refractivity contribution >= 4 is 45.3 Å². The predicted molar refractivity (Wildman–Crippen MR) is 131 cm³/mol. The van der Waals surface area contributed by atoms with Crippen molar-refractivity contribution in [3.05, 3.63) is 66.7 Å². The molecule has 1 aliphatic heterocycles. The van der Waals surface area contributed by atoms with Crippen molar-refractivity contribution in [3.63, 3.8) is 0 Å². The summed E-state index contributed by atoms with van der Waals surface area (Å²) < 4.78 is 19.1. The van der Waals surface area contributed by atoms with E-state index in [9.17, 15) is 0 Å². The fraction of sp³-hybridized carbons (Fsp3) is 0.214. The van der Waals surface area contributed by atoms with Crippen LogP contribution in [0.5, 0.6) is 0 Å². The predicted octanol–water partition coefficient (Wildman–Crippen LogP) is 6.69. The van der Waals surface area contributed by atoms with Gasteiger partial charge in [0.2, 0.25) is 0 Å². The molecule has 0 bridgehead atoms. The minimum absolute atomic E-state index is 0.376. The van der Waals surface area contributed by atoms with Crippen LogP contribution < -0.4 is 5.46 Å². The van der Waals surface area contributed by atoms with E-state index in [1.165, 1.54) is 33.0 Å². The Morgan fingerprint density at radius 3 is 2.12 bits per heavy atom. The molecule has 1 fully saturated rings. The van der Waals surface area contributed by atoms with Crippen LogP contribution in [0.2, 0.25) is 0 Å². The molecule has 4 aromatic carbocycles. The molecule has 2 aliphatic rings. The standard InChI is InChI=1S/C28H23BO3/c1-27(2)28(3,4)32-29(31-27)17-13-16-14-23-25(20-11-7-8-12-22(20)30-23)26-19-10-6-5-9-18(19)21(15-17)24(16)26/h5-15H,1-4H3. The van der Waals surface area contributed by atoms with E-state index < -0.39 is 7.12 Å². The topological polar surface area (TPSA) is 31.6 Å². The van der Waals surface area contributed by atoms with Gasteiger partial charge < -0.3 is 13.7 Å². The zero-order chi connectivity index (χ0) is 21.8.